The Hall–Kier alpha value is -0.800. The van der Waals surface area contributed by atoms with Gasteiger partial charge >= 0.3 is 0 Å². The van der Waals surface area contributed by atoms with Gasteiger partial charge in [0.25, 0.3) is 0 Å². The van der Waals surface area contributed by atoms with Gasteiger partial charge in [-0.15, -0.1) is 0 Å². The molecule has 17 heavy (non-hydrogen) atoms. The van der Waals surface area contributed by atoms with Crippen LogP contribution in [0.5, 0.6) is 0 Å². The third-order valence-electron chi connectivity index (χ3n) is 3.84. The Bertz CT molecular complexity index is 342. The van der Waals surface area contributed by atoms with Crippen molar-refractivity contribution in [3.05, 3.63) is 23.7 Å². The van der Waals surface area contributed by atoms with E-state index < -0.39 is 0 Å². The molecule has 0 saturated carbocycles. The van der Waals surface area contributed by atoms with Gasteiger partial charge in [-0.1, -0.05) is 0 Å². The summed E-state index contributed by atoms with van der Waals surface area (Å²) in [5, 5.41) is 3.42. The van der Waals surface area contributed by atoms with Crippen molar-refractivity contribution < 1.29 is 4.42 Å². The van der Waals surface area contributed by atoms with E-state index in [1.165, 1.54) is 32.5 Å². The minimum Gasteiger partial charge on any atom is -0.465 e. The van der Waals surface area contributed by atoms with E-state index >= 15 is 0 Å². The summed E-state index contributed by atoms with van der Waals surface area (Å²) in [6.07, 6.45) is 2.60. The number of hydrogen-bond donors (Lipinski definition) is 1. The minimum atomic E-state index is 0.374. The summed E-state index contributed by atoms with van der Waals surface area (Å²) >= 11 is 0. The third kappa shape index (κ3) is 3.33. The van der Waals surface area contributed by atoms with Gasteiger partial charge in [0.2, 0.25) is 0 Å². The van der Waals surface area contributed by atoms with Crippen molar-refractivity contribution in [2.45, 2.75) is 32.7 Å². The maximum atomic E-state index is 5.70. The van der Waals surface area contributed by atoms with Crippen molar-refractivity contribution in [2.75, 3.05) is 26.7 Å². The predicted molar refractivity (Wildman–Crippen MR) is 70.1 cm³/mol. The molecule has 1 N–H and O–H groups in total. The second-order valence-corrected chi connectivity index (χ2v) is 5.26. The Kier molecular flexibility index (Phi) is 4.24. The summed E-state index contributed by atoms with van der Waals surface area (Å²) in [6.45, 7) is 7.74. The number of nitrogens with one attached hydrogen (secondary N) is 1. The second kappa shape index (κ2) is 5.69. The van der Waals surface area contributed by atoms with Crippen LogP contribution in [0.4, 0.5) is 0 Å². The Balaban J connectivity index is 1.88. The molecule has 1 atom stereocenters. The molecule has 0 aromatic carbocycles. The molecule has 1 aromatic rings. The first-order valence-electron chi connectivity index (χ1n) is 6.64. The number of nitrogens with zero attached hydrogens (tertiary/aromatic N) is 1. The molecule has 0 radical (unpaired) electrons. The quantitative estimate of drug-likeness (QED) is 0.871. The number of furan rings is 1. The van der Waals surface area contributed by atoms with Crippen LogP contribution in [-0.4, -0.2) is 31.6 Å². The summed E-state index contributed by atoms with van der Waals surface area (Å²) in [6, 6.07) is 4.52. The lowest BCUT2D eigenvalue weighted by atomic mass is 9.97. The molecule has 0 spiro atoms. The zero-order valence-corrected chi connectivity index (χ0v) is 11.2. The highest BCUT2D eigenvalue weighted by atomic mass is 16.3. The van der Waals surface area contributed by atoms with Crippen LogP contribution in [0.1, 0.15) is 37.3 Å². The van der Waals surface area contributed by atoms with Gasteiger partial charge in [0.1, 0.15) is 11.5 Å². The Morgan fingerprint density at radius 3 is 2.71 bits per heavy atom. The van der Waals surface area contributed by atoms with Crippen molar-refractivity contribution in [2.24, 2.45) is 5.92 Å². The molecule has 3 nitrogen and oxygen atoms in total. The molecule has 1 fully saturated rings. The highest BCUT2D eigenvalue weighted by Gasteiger charge is 2.20. The zero-order chi connectivity index (χ0) is 12.3. The number of hydrogen-bond acceptors (Lipinski definition) is 3. The first-order valence-corrected chi connectivity index (χ1v) is 6.64. The molecule has 0 amide bonds. The predicted octanol–water partition coefficient (Wildman–Crippen LogP) is 2.58. The van der Waals surface area contributed by atoms with E-state index in [-0.39, 0.29) is 0 Å². The van der Waals surface area contributed by atoms with Gasteiger partial charge in [0.15, 0.2) is 0 Å². The van der Waals surface area contributed by atoms with Crippen LogP contribution in [0.3, 0.4) is 0 Å². The molecule has 1 unspecified atom stereocenters. The summed E-state index contributed by atoms with van der Waals surface area (Å²) in [5.74, 6) is 2.92. The normalized spacial score (nSPS) is 19.8. The molecule has 1 saturated heterocycles. The molecule has 0 aliphatic carbocycles. The van der Waals surface area contributed by atoms with Crippen LogP contribution in [0, 0.1) is 12.8 Å². The molecule has 2 rings (SSSR count). The highest BCUT2D eigenvalue weighted by molar-refractivity contribution is 5.09. The van der Waals surface area contributed by atoms with Crippen LogP contribution >= 0.6 is 0 Å². The van der Waals surface area contributed by atoms with Gasteiger partial charge in [0, 0.05) is 6.54 Å². The number of aryl methyl sites for hydroxylation is 1. The SMILES string of the molecule is Cc1ccc(C(C)N(C)CC2CCNCC2)o1. The van der Waals surface area contributed by atoms with Crippen molar-refractivity contribution >= 4 is 0 Å². The Morgan fingerprint density at radius 2 is 2.12 bits per heavy atom. The van der Waals surface area contributed by atoms with Crippen molar-refractivity contribution in [1.82, 2.24) is 10.2 Å². The van der Waals surface area contributed by atoms with Gasteiger partial charge in [-0.05, 0) is 64.9 Å². The Morgan fingerprint density at radius 1 is 1.41 bits per heavy atom. The molecule has 1 aliphatic rings. The lowest BCUT2D eigenvalue weighted by molar-refractivity contribution is 0.179. The fourth-order valence-corrected chi connectivity index (χ4v) is 2.52. The first-order chi connectivity index (χ1) is 8.16. The highest BCUT2D eigenvalue weighted by Crippen LogP contribution is 2.23. The lowest BCUT2D eigenvalue weighted by Gasteiger charge is -2.30. The largest absolute Gasteiger partial charge is 0.465 e. The van der Waals surface area contributed by atoms with E-state index in [1.807, 2.05) is 13.0 Å². The molecule has 96 valence electrons. The van der Waals surface area contributed by atoms with E-state index in [0.717, 1.165) is 17.4 Å². The fourth-order valence-electron chi connectivity index (χ4n) is 2.52. The molecular formula is C14H24N2O. The maximum absolute atomic E-state index is 5.70. The van der Waals surface area contributed by atoms with Gasteiger partial charge in [-0.2, -0.15) is 0 Å². The minimum absolute atomic E-state index is 0.374. The van der Waals surface area contributed by atoms with Gasteiger partial charge in [-0.3, -0.25) is 4.90 Å². The van der Waals surface area contributed by atoms with E-state index in [4.69, 9.17) is 4.42 Å². The molecule has 1 aromatic heterocycles. The van der Waals surface area contributed by atoms with E-state index in [1.54, 1.807) is 0 Å². The van der Waals surface area contributed by atoms with Gasteiger partial charge in [0.05, 0.1) is 6.04 Å². The third-order valence-corrected chi connectivity index (χ3v) is 3.84. The van der Waals surface area contributed by atoms with Crippen molar-refractivity contribution in [3.63, 3.8) is 0 Å². The van der Waals surface area contributed by atoms with E-state index in [0.29, 0.717) is 6.04 Å². The van der Waals surface area contributed by atoms with Crippen LogP contribution in [0.15, 0.2) is 16.5 Å². The average Bonchev–Trinajstić information content (AvgIpc) is 2.76. The van der Waals surface area contributed by atoms with E-state index in [2.05, 4.69) is 30.3 Å². The fraction of sp³-hybridized carbons (Fsp3) is 0.714. The van der Waals surface area contributed by atoms with Gasteiger partial charge in [-0.25, -0.2) is 0 Å². The molecule has 0 bridgehead atoms. The molecule has 2 heterocycles. The summed E-state index contributed by atoms with van der Waals surface area (Å²) in [5.41, 5.74) is 0. The number of piperidine rings is 1. The lowest BCUT2D eigenvalue weighted by Crippen LogP contribution is -2.35. The Labute approximate surface area is 104 Å². The van der Waals surface area contributed by atoms with Crippen LogP contribution in [0.25, 0.3) is 0 Å². The zero-order valence-electron chi connectivity index (χ0n) is 11.2. The van der Waals surface area contributed by atoms with Crippen molar-refractivity contribution in [1.29, 1.82) is 0 Å². The number of rotatable bonds is 4. The smallest absolute Gasteiger partial charge is 0.121 e. The maximum Gasteiger partial charge on any atom is 0.121 e. The monoisotopic (exact) mass is 236 g/mol. The summed E-state index contributed by atoms with van der Waals surface area (Å²) < 4.78 is 5.70. The van der Waals surface area contributed by atoms with E-state index in [9.17, 15) is 0 Å². The van der Waals surface area contributed by atoms with Crippen LogP contribution in [-0.2, 0) is 0 Å². The average molecular weight is 236 g/mol. The first kappa shape index (κ1) is 12.7. The summed E-state index contributed by atoms with van der Waals surface area (Å²) in [7, 11) is 2.20. The van der Waals surface area contributed by atoms with Crippen LogP contribution < -0.4 is 5.32 Å². The molecule has 3 heteroatoms. The molecule has 1 aliphatic heterocycles. The second-order valence-electron chi connectivity index (χ2n) is 5.26. The van der Waals surface area contributed by atoms with Gasteiger partial charge < -0.3 is 9.73 Å². The van der Waals surface area contributed by atoms with Crippen LogP contribution in [0.2, 0.25) is 0 Å². The standard InChI is InChI=1S/C14H24N2O/c1-11-4-5-14(17-11)12(2)16(3)10-13-6-8-15-9-7-13/h4-5,12-13,15H,6-10H2,1-3H3. The molecular weight excluding hydrogens is 212 g/mol. The van der Waals surface area contributed by atoms with Crippen molar-refractivity contribution in [3.8, 4) is 0 Å². The topological polar surface area (TPSA) is 28.4 Å². The summed E-state index contributed by atoms with van der Waals surface area (Å²) in [4.78, 5) is 2.41.